The van der Waals surface area contributed by atoms with Gasteiger partial charge in [0.25, 0.3) is 0 Å². The van der Waals surface area contributed by atoms with Gasteiger partial charge in [-0.15, -0.1) is 0 Å². The van der Waals surface area contributed by atoms with E-state index in [1.54, 1.807) is 0 Å². The third-order valence-corrected chi connectivity index (χ3v) is 5.30. The van der Waals surface area contributed by atoms with E-state index in [0.717, 1.165) is 33.6 Å². The van der Waals surface area contributed by atoms with Gasteiger partial charge in [-0.2, -0.15) is 5.10 Å². The van der Waals surface area contributed by atoms with E-state index in [9.17, 15) is 8.42 Å². The van der Waals surface area contributed by atoms with Gasteiger partial charge < -0.3 is 0 Å². The van der Waals surface area contributed by atoms with Crippen LogP contribution in [-0.2, 0) is 16.6 Å². The van der Waals surface area contributed by atoms with E-state index in [-0.39, 0.29) is 6.54 Å². The van der Waals surface area contributed by atoms with Crippen LogP contribution in [-0.4, -0.2) is 18.6 Å². The van der Waals surface area contributed by atoms with Crippen molar-refractivity contribution in [3.8, 4) is 0 Å². The number of nitrogens with zero attached hydrogens (tertiary/aromatic N) is 1. The number of nitrogens with one attached hydrogen (secondary N) is 2. The fraction of sp³-hybridized carbons (Fsp3) is 0.400. The first kappa shape index (κ1) is 15.7. The third kappa shape index (κ3) is 3.16. The summed E-state index contributed by atoms with van der Waals surface area (Å²) in [6, 6.07) is 3.77. The van der Waals surface area contributed by atoms with E-state index in [1.807, 2.05) is 46.8 Å². The van der Waals surface area contributed by atoms with Crippen molar-refractivity contribution in [2.75, 3.05) is 0 Å². The average molecular weight is 307 g/mol. The van der Waals surface area contributed by atoms with Crippen LogP contribution in [0.2, 0.25) is 0 Å². The monoisotopic (exact) mass is 307 g/mol. The summed E-state index contributed by atoms with van der Waals surface area (Å²) in [7, 11) is -3.54. The van der Waals surface area contributed by atoms with Crippen molar-refractivity contribution >= 4 is 10.0 Å². The van der Waals surface area contributed by atoms with E-state index in [4.69, 9.17) is 0 Å². The summed E-state index contributed by atoms with van der Waals surface area (Å²) in [5.41, 5.74) is 5.17. The highest BCUT2D eigenvalue weighted by molar-refractivity contribution is 7.89. The maximum Gasteiger partial charge on any atom is 0.241 e. The van der Waals surface area contributed by atoms with Crippen LogP contribution in [0, 0.1) is 34.6 Å². The molecule has 21 heavy (non-hydrogen) atoms. The lowest BCUT2D eigenvalue weighted by Gasteiger charge is -2.13. The zero-order chi connectivity index (χ0) is 15.8. The quantitative estimate of drug-likeness (QED) is 0.911. The largest absolute Gasteiger partial charge is 0.282 e. The van der Waals surface area contributed by atoms with Gasteiger partial charge in [-0.05, 0) is 45.7 Å². The van der Waals surface area contributed by atoms with Crippen LogP contribution in [0.5, 0.6) is 0 Å². The third-order valence-electron chi connectivity index (χ3n) is 3.59. The van der Waals surface area contributed by atoms with Gasteiger partial charge in [-0.25, -0.2) is 13.1 Å². The number of sulfonamides is 1. The van der Waals surface area contributed by atoms with Gasteiger partial charge in [-0.3, -0.25) is 5.10 Å². The summed E-state index contributed by atoms with van der Waals surface area (Å²) >= 11 is 0. The lowest BCUT2D eigenvalue weighted by Crippen LogP contribution is -2.25. The van der Waals surface area contributed by atoms with Gasteiger partial charge in [0.1, 0.15) is 0 Å². The van der Waals surface area contributed by atoms with Crippen LogP contribution in [0.3, 0.4) is 0 Å². The lowest BCUT2D eigenvalue weighted by atomic mass is 10.1. The van der Waals surface area contributed by atoms with E-state index in [1.165, 1.54) is 0 Å². The molecular weight excluding hydrogens is 286 g/mol. The standard InChI is InChI=1S/C15H21N3O2S/c1-9-6-10(2)15(11(3)7-9)21(19,20)16-8-14-12(4)17-18-13(14)5/h6-7,16H,8H2,1-5H3,(H,17,18). The number of benzene rings is 1. The maximum atomic E-state index is 12.6. The van der Waals surface area contributed by atoms with Crippen molar-refractivity contribution in [3.63, 3.8) is 0 Å². The topological polar surface area (TPSA) is 74.8 Å². The van der Waals surface area contributed by atoms with Crippen LogP contribution >= 0.6 is 0 Å². The van der Waals surface area contributed by atoms with Gasteiger partial charge in [0.05, 0.1) is 10.6 Å². The zero-order valence-electron chi connectivity index (χ0n) is 13.0. The Hall–Kier alpha value is -1.66. The van der Waals surface area contributed by atoms with Gasteiger partial charge in [0.15, 0.2) is 0 Å². The highest BCUT2D eigenvalue weighted by atomic mass is 32.2. The Morgan fingerprint density at radius 2 is 1.67 bits per heavy atom. The van der Waals surface area contributed by atoms with Crippen molar-refractivity contribution in [1.82, 2.24) is 14.9 Å². The minimum atomic E-state index is -3.54. The number of hydrogen-bond acceptors (Lipinski definition) is 3. The van der Waals surface area contributed by atoms with Gasteiger partial charge in [-0.1, -0.05) is 17.7 Å². The molecule has 0 radical (unpaired) electrons. The number of rotatable bonds is 4. The summed E-state index contributed by atoms with van der Waals surface area (Å²) in [5, 5.41) is 6.93. The van der Waals surface area contributed by atoms with E-state index in [0.29, 0.717) is 4.90 Å². The summed E-state index contributed by atoms with van der Waals surface area (Å²) in [6.45, 7) is 9.58. The predicted octanol–water partition coefficient (Wildman–Crippen LogP) is 2.43. The molecule has 1 heterocycles. The first-order chi connectivity index (χ1) is 9.72. The Kier molecular flexibility index (Phi) is 4.20. The van der Waals surface area contributed by atoms with Gasteiger partial charge in [0, 0.05) is 17.8 Å². The Morgan fingerprint density at radius 3 is 2.14 bits per heavy atom. The van der Waals surface area contributed by atoms with Crippen molar-refractivity contribution in [2.24, 2.45) is 0 Å². The summed E-state index contributed by atoms with van der Waals surface area (Å²) in [4.78, 5) is 0.368. The first-order valence-corrected chi connectivity index (χ1v) is 8.28. The molecule has 1 aromatic heterocycles. The smallest absolute Gasteiger partial charge is 0.241 e. The lowest BCUT2D eigenvalue weighted by molar-refractivity contribution is 0.579. The zero-order valence-corrected chi connectivity index (χ0v) is 13.9. The van der Waals surface area contributed by atoms with Gasteiger partial charge in [0.2, 0.25) is 10.0 Å². The molecule has 2 N–H and O–H groups in total. The molecule has 0 aliphatic heterocycles. The second-order valence-corrected chi connectivity index (χ2v) is 7.17. The van der Waals surface area contributed by atoms with Crippen molar-refractivity contribution in [3.05, 3.63) is 45.8 Å². The molecule has 2 rings (SSSR count). The minimum absolute atomic E-state index is 0.239. The average Bonchev–Trinajstić information content (AvgIpc) is 2.65. The molecule has 114 valence electrons. The molecule has 0 fully saturated rings. The molecule has 0 bridgehead atoms. The Balaban J connectivity index is 2.32. The SMILES string of the molecule is Cc1cc(C)c(S(=O)(=O)NCc2c(C)n[nH]c2C)c(C)c1. The normalized spacial score (nSPS) is 11.9. The number of hydrogen-bond donors (Lipinski definition) is 2. The second-order valence-electron chi connectivity index (χ2n) is 5.46. The Labute approximate surface area is 125 Å². The number of aryl methyl sites for hydroxylation is 5. The van der Waals surface area contributed by atoms with Crippen molar-refractivity contribution < 1.29 is 8.42 Å². The molecule has 0 aliphatic carbocycles. The van der Waals surface area contributed by atoms with E-state index < -0.39 is 10.0 Å². The summed E-state index contributed by atoms with van der Waals surface area (Å²) < 4.78 is 27.8. The molecule has 0 atom stereocenters. The molecule has 0 saturated carbocycles. The minimum Gasteiger partial charge on any atom is -0.282 e. The van der Waals surface area contributed by atoms with Crippen LogP contribution < -0.4 is 4.72 Å². The number of aromatic amines is 1. The number of aromatic nitrogens is 2. The molecule has 1 aromatic carbocycles. The molecule has 0 amide bonds. The molecule has 2 aromatic rings. The van der Waals surface area contributed by atoms with Gasteiger partial charge >= 0.3 is 0 Å². The fourth-order valence-electron chi connectivity index (χ4n) is 2.66. The molecule has 0 unspecified atom stereocenters. The molecule has 0 spiro atoms. The molecular formula is C15H21N3O2S. The molecule has 5 nitrogen and oxygen atoms in total. The number of H-pyrrole nitrogens is 1. The maximum absolute atomic E-state index is 12.6. The second kappa shape index (κ2) is 5.61. The van der Waals surface area contributed by atoms with Crippen LogP contribution in [0.1, 0.15) is 33.6 Å². The van der Waals surface area contributed by atoms with E-state index >= 15 is 0 Å². The highest BCUT2D eigenvalue weighted by Gasteiger charge is 2.20. The van der Waals surface area contributed by atoms with Crippen molar-refractivity contribution in [2.45, 2.75) is 46.1 Å². The fourth-order valence-corrected chi connectivity index (χ4v) is 4.11. The van der Waals surface area contributed by atoms with Crippen LogP contribution in [0.4, 0.5) is 0 Å². The summed E-state index contributed by atoms with van der Waals surface area (Å²) in [5.74, 6) is 0. The highest BCUT2D eigenvalue weighted by Crippen LogP contribution is 2.22. The Bertz CT molecular complexity index is 734. The van der Waals surface area contributed by atoms with E-state index in [2.05, 4.69) is 14.9 Å². The van der Waals surface area contributed by atoms with Crippen LogP contribution in [0.25, 0.3) is 0 Å². The summed E-state index contributed by atoms with van der Waals surface area (Å²) in [6.07, 6.45) is 0. The molecule has 0 saturated heterocycles. The first-order valence-electron chi connectivity index (χ1n) is 6.80. The molecule has 0 aliphatic rings. The predicted molar refractivity (Wildman–Crippen MR) is 82.7 cm³/mol. The van der Waals surface area contributed by atoms with Crippen LogP contribution in [0.15, 0.2) is 17.0 Å². The Morgan fingerprint density at radius 1 is 1.10 bits per heavy atom. The molecule has 6 heteroatoms. The van der Waals surface area contributed by atoms with Crippen molar-refractivity contribution in [1.29, 1.82) is 0 Å².